The Bertz CT molecular complexity index is 808. The van der Waals surface area contributed by atoms with Gasteiger partial charge in [-0.3, -0.25) is 0 Å². The zero-order valence-electron chi connectivity index (χ0n) is 14.1. The average Bonchev–Trinajstić information content (AvgIpc) is 2.56. The molecule has 0 aliphatic rings. The highest BCUT2D eigenvalue weighted by Crippen LogP contribution is 2.23. The van der Waals surface area contributed by atoms with Crippen molar-refractivity contribution in [1.82, 2.24) is 4.72 Å². The van der Waals surface area contributed by atoms with Gasteiger partial charge in [0, 0.05) is 6.04 Å². The summed E-state index contributed by atoms with van der Waals surface area (Å²) >= 11 is 11.8. The Kier molecular flexibility index (Phi) is 7.14. The molecule has 0 spiro atoms. The van der Waals surface area contributed by atoms with Gasteiger partial charge in [-0.15, -0.1) is 0 Å². The highest BCUT2D eigenvalue weighted by Gasteiger charge is 2.16. The molecule has 4 nitrogen and oxygen atoms in total. The molecule has 0 amide bonds. The van der Waals surface area contributed by atoms with Crippen molar-refractivity contribution in [1.29, 1.82) is 0 Å². The summed E-state index contributed by atoms with van der Waals surface area (Å²) in [5, 5.41) is 0.755. The molecule has 0 heterocycles. The smallest absolute Gasteiger partial charge is 0.216 e. The lowest BCUT2D eigenvalue weighted by atomic mass is 10.1. The molecular weight excluding hydrogens is 381 g/mol. The van der Waals surface area contributed by atoms with E-state index in [1.165, 1.54) is 0 Å². The van der Waals surface area contributed by atoms with Crippen molar-refractivity contribution >= 4 is 33.2 Å². The van der Waals surface area contributed by atoms with Crippen LogP contribution in [0.25, 0.3) is 0 Å². The van der Waals surface area contributed by atoms with E-state index in [1.807, 2.05) is 31.2 Å². The highest BCUT2D eigenvalue weighted by molar-refractivity contribution is 7.88. The van der Waals surface area contributed by atoms with Crippen LogP contribution in [0.1, 0.15) is 24.5 Å². The van der Waals surface area contributed by atoms with Gasteiger partial charge >= 0.3 is 0 Å². The molecule has 1 atom stereocenters. The zero-order valence-corrected chi connectivity index (χ0v) is 16.5. The first-order chi connectivity index (χ1) is 11.8. The summed E-state index contributed by atoms with van der Waals surface area (Å²) in [7, 11) is -1.83. The van der Waals surface area contributed by atoms with Gasteiger partial charge in [-0.25, -0.2) is 13.1 Å². The maximum absolute atomic E-state index is 12.3. The van der Waals surface area contributed by atoms with Crippen molar-refractivity contribution < 1.29 is 13.2 Å². The first-order valence-corrected chi connectivity index (χ1v) is 10.3. The monoisotopic (exact) mass is 401 g/mol. The minimum absolute atomic E-state index is 0.128. The van der Waals surface area contributed by atoms with Gasteiger partial charge in [0.2, 0.25) is 10.0 Å². The van der Waals surface area contributed by atoms with E-state index in [4.69, 9.17) is 27.9 Å². The molecule has 7 heteroatoms. The number of hydrogen-bond donors (Lipinski definition) is 1. The largest absolute Gasteiger partial charge is 0.497 e. The Morgan fingerprint density at radius 2 is 1.68 bits per heavy atom. The minimum atomic E-state index is -3.45. The third kappa shape index (κ3) is 6.51. The predicted molar refractivity (Wildman–Crippen MR) is 103 cm³/mol. The van der Waals surface area contributed by atoms with E-state index in [0.717, 1.165) is 17.7 Å². The molecule has 0 aliphatic carbocycles. The summed E-state index contributed by atoms with van der Waals surface area (Å²) in [5.74, 6) is 0.677. The van der Waals surface area contributed by atoms with Gasteiger partial charge < -0.3 is 4.74 Å². The molecule has 0 fully saturated rings. The van der Waals surface area contributed by atoms with Crippen molar-refractivity contribution in [3.63, 3.8) is 0 Å². The van der Waals surface area contributed by atoms with E-state index < -0.39 is 10.0 Å². The Morgan fingerprint density at radius 3 is 2.28 bits per heavy atom. The highest BCUT2D eigenvalue weighted by atomic mass is 35.5. The molecule has 0 aromatic heterocycles. The number of ether oxygens (including phenoxy) is 1. The fraction of sp³-hybridized carbons (Fsp3) is 0.333. The lowest BCUT2D eigenvalue weighted by Gasteiger charge is -2.14. The normalized spacial score (nSPS) is 12.8. The summed E-state index contributed by atoms with van der Waals surface area (Å²) in [6.45, 7) is 1.86. The Hall–Kier alpha value is -1.27. The fourth-order valence-corrected chi connectivity index (χ4v) is 4.18. The van der Waals surface area contributed by atoms with Crippen LogP contribution in [0.5, 0.6) is 5.75 Å². The lowest BCUT2D eigenvalue weighted by molar-refractivity contribution is 0.414. The fourth-order valence-electron chi connectivity index (χ4n) is 2.43. The van der Waals surface area contributed by atoms with Gasteiger partial charge in [0.05, 0.1) is 22.9 Å². The van der Waals surface area contributed by atoms with Gasteiger partial charge in [0.1, 0.15) is 5.75 Å². The van der Waals surface area contributed by atoms with E-state index in [-0.39, 0.29) is 11.8 Å². The van der Waals surface area contributed by atoms with E-state index in [0.29, 0.717) is 22.0 Å². The molecule has 0 bridgehead atoms. The van der Waals surface area contributed by atoms with Crippen LogP contribution >= 0.6 is 23.2 Å². The quantitative estimate of drug-likeness (QED) is 0.710. The Labute approximate surface area is 159 Å². The van der Waals surface area contributed by atoms with Crippen LogP contribution in [0.2, 0.25) is 10.0 Å². The molecule has 2 aromatic rings. The maximum atomic E-state index is 12.3. The molecule has 0 aliphatic heterocycles. The molecule has 1 unspecified atom stereocenters. The third-order valence-corrected chi connectivity index (χ3v) is 5.96. The number of hydrogen-bond acceptors (Lipinski definition) is 3. The minimum Gasteiger partial charge on any atom is -0.497 e. The van der Waals surface area contributed by atoms with Crippen LogP contribution in [0.3, 0.4) is 0 Å². The summed E-state index contributed by atoms with van der Waals surface area (Å²) in [5.41, 5.74) is 1.74. The van der Waals surface area contributed by atoms with E-state index in [2.05, 4.69) is 4.72 Å². The number of rotatable bonds is 8. The SMILES string of the molecule is COc1ccc(CCC(C)NS(=O)(=O)Cc2ccc(Cl)c(Cl)c2)cc1. The van der Waals surface area contributed by atoms with Crippen molar-refractivity contribution in [3.8, 4) is 5.75 Å². The van der Waals surface area contributed by atoms with Crippen LogP contribution < -0.4 is 9.46 Å². The second kappa shape index (κ2) is 8.90. The summed E-state index contributed by atoms with van der Waals surface area (Å²) in [4.78, 5) is 0. The van der Waals surface area contributed by atoms with Gasteiger partial charge in [-0.05, 0) is 55.2 Å². The number of halogens is 2. The summed E-state index contributed by atoms with van der Waals surface area (Å²) < 4.78 is 32.4. The first kappa shape index (κ1) is 20.0. The summed E-state index contributed by atoms with van der Waals surface area (Å²) in [6.07, 6.45) is 1.48. The summed E-state index contributed by atoms with van der Waals surface area (Å²) in [6, 6.07) is 12.4. The molecule has 0 saturated carbocycles. The van der Waals surface area contributed by atoms with Crippen molar-refractivity contribution in [2.45, 2.75) is 31.6 Å². The number of benzene rings is 2. The van der Waals surface area contributed by atoms with Crippen molar-refractivity contribution in [2.24, 2.45) is 0 Å². The van der Waals surface area contributed by atoms with E-state index in [1.54, 1.807) is 25.3 Å². The molecule has 0 saturated heterocycles. The van der Waals surface area contributed by atoms with Gasteiger partial charge in [0.25, 0.3) is 0 Å². The number of aryl methyl sites for hydroxylation is 1. The van der Waals surface area contributed by atoms with Gasteiger partial charge in [-0.2, -0.15) is 0 Å². The molecule has 1 N–H and O–H groups in total. The number of sulfonamides is 1. The van der Waals surface area contributed by atoms with Crippen LogP contribution in [0.15, 0.2) is 42.5 Å². The van der Waals surface area contributed by atoms with Gasteiger partial charge in [-0.1, -0.05) is 41.4 Å². The Morgan fingerprint density at radius 1 is 1.04 bits per heavy atom. The topological polar surface area (TPSA) is 55.4 Å². The molecular formula is C18H21Cl2NO3S. The molecule has 136 valence electrons. The van der Waals surface area contributed by atoms with Crippen LogP contribution in [0.4, 0.5) is 0 Å². The van der Waals surface area contributed by atoms with Gasteiger partial charge in [0.15, 0.2) is 0 Å². The van der Waals surface area contributed by atoms with Crippen LogP contribution in [-0.2, 0) is 22.2 Å². The lowest BCUT2D eigenvalue weighted by Crippen LogP contribution is -2.33. The zero-order chi connectivity index (χ0) is 18.4. The van der Waals surface area contributed by atoms with E-state index in [9.17, 15) is 8.42 Å². The first-order valence-electron chi connectivity index (χ1n) is 7.86. The second-order valence-electron chi connectivity index (χ2n) is 5.91. The van der Waals surface area contributed by atoms with Crippen LogP contribution in [-0.4, -0.2) is 21.6 Å². The van der Waals surface area contributed by atoms with Crippen LogP contribution in [0, 0.1) is 0 Å². The molecule has 2 rings (SSSR count). The Balaban J connectivity index is 1.89. The number of nitrogens with one attached hydrogen (secondary N) is 1. The second-order valence-corrected chi connectivity index (χ2v) is 8.48. The average molecular weight is 402 g/mol. The van der Waals surface area contributed by atoms with Crippen molar-refractivity contribution in [2.75, 3.05) is 7.11 Å². The third-order valence-electron chi connectivity index (χ3n) is 3.75. The van der Waals surface area contributed by atoms with Crippen molar-refractivity contribution in [3.05, 3.63) is 63.6 Å². The predicted octanol–water partition coefficient (Wildman–Crippen LogP) is 4.44. The standard InChI is InChI=1S/C18H21Cl2NO3S/c1-13(3-4-14-5-8-16(24-2)9-6-14)21-25(22,23)12-15-7-10-17(19)18(20)11-15/h5-11,13,21H,3-4,12H2,1-2H3. The molecule has 25 heavy (non-hydrogen) atoms. The maximum Gasteiger partial charge on any atom is 0.216 e. The molecule has 2 aromatic carbocycles. The number of methoxy groups -OCH3 is 1. The van der Waals surface area contributed by atoms with E-state index >= 15 is 0 Å². The molecule has 0 radical (unpaired) electrons.